The number of benzene rings is 2. The van der Waals surface area contributed by atoms with Gasteiger partial charge < -0.3 is 14.2 Å². The molecular weight excluding hydrogens is 508 g/mol. The molecule has 0 unspecified atom stereocenters. The van der Waals surface area contributed by atoms with Crippen LogP contribution in [0.25, 0.3) is 6.08 Å². The number of ether oxygens (including phenoxy) is 3. The quantitative estimate of drug-likeness (QED) is 0.322. The standard InChI is InChI=1S/C24H25BrN2O5S/c1-5-30-19-14-20(31-6-2)18(25)12-16(19)13-21-22(28)27(4)24(33-21)26-17-10-8-15(9-11-17)23(29)32-7-3/h8-14H,5-7H2,1-4H3. The van der Waals surface area contributed by atoms with Crippen molar-refractivity contribution < 1.29 is 23.8 Å². The zero-order valence-electron chi connectivity index (χ0n) is 18.9. The van der Waals surface area contributed by atoms with Gasteiger partial charge in [-0.2, -0.15) is 0 Å². The van der Waals surface area contributed by atoms with Crippen molar-refractivity contribution in [2.45, 2.75) is 20.8 Å². The third kappa shape index (κ3) is 5.97. The van der Waals surface area contributed by atoms with E-state index in [0.29, 0.717) is 52.6 Å². The van der Waals surface area contributed by atoms with Gasteiger partial charge in [-0.3, -0.25) is 9.69 Å². The molecule has 0 aliphatic carbocycles. The van der Waals surface area contributed by atoms with Gasteiger partial charge in [0.2, 0.25) is 0 Å². The average Bonchev–Trinajstić information content (AvgIpc) is 3.05. The monoisotopic (exact) mass is 532 g/mol. The van der Waals surface area contributed by atoms with Gasteiger partial charge in [0.15, 0.2) is 5.17 Å². The van der Waals surface area contributed by atoms with Crippen molar-refractivity contribution in [1.29, 1.82) is 0 Å². The molecule has 0 saturated carbocycles. The minimum Gasteiger partial charge on any atom is -0.493 e. The first kappa shape index (κ1) is 24.9. The molecule has 1 aliphatic heterocycles. The molecule has 7 nitrogen and oxygen atoms in total. The maximum absolute atomic E-state index is 12.9. The molecule has 0 bridgehead atoms. The number of nitrogens with zero attached hydrogens (tertiary/aromatic N) is 2. The molecule has 9 heteroatoms. The van der Waals surface area contributed by atoms with Gasteiger partial charge in [0, 0.05) is 18.7 Å². The number of hydrogen-bond acceptors (Lipinski definition) is 7. The molecule has 1 saturated heterocycles. The van der Waals surface area contributed by atoms with Crippen LogP contribution in [-0.2, 0) is 9.53 Å². The molecule has 0 atom stereocenters. The fraction of sp³-hybridized carbons (Fsp3) is 0.292. The highest BCUT2D eigenvalue weighted by Crippen LogP contribution is 2.38. The summed E-state index contributed by atoms with van der Waals surface area (Å²) in [6.45, 7) is 6.91. The second-order valence-corrected chi connectivity index (χ2v) is 8.69. The molecule has 0 N–H and O–H groups in total. The third-order valence-corrected chi connectivity index (χ3v) is 6.24. The Morgan fingerprint density at radius 2 is 1.73 bits per heavy atom. The summed E-state index contributed by atoms with van der Waals surface area (Å²) in [5, 5.41) is 0.540. The van der Waals surface area contributed by atoms with E-state index in [4.69, 9.17) is 14.2 Å². The summed E-state index contributed by atoms with van der Waals surface area (Å²) in [6.07, 6.45) is 1.79. The molecule has 1 aliphatic rings. The summed E-state index contributed by atoms with van der Waals surface area (Å²) in [4.78, 5) is 31.3. The van der Waals surface area contributed by atoms with Crippen LogP contribution in [0.15, 0.2) is 50.8 Å². The minimum atomic E-state index is -0.379. The van der Waals surface area contributed by atoms with Crippen molar-refractivity contribution in [1.82, 2.24) is 4.90 Å². The van der Waals surface area contributed by atoms with Crippen molar-refractivity contribution in [3.8, 4) is 11.5 Å². The van der Waals surface area contributed by atoms with Gasteiger partial charge in [0.1, 0.15) is 11.5 Å². The van der Waals surface area contributed by atoms with E-state index < -0.39 is 0 Å². The van der Waals surface area contributed by atoms with Gasteiger partial charge in [0.05, 0.1) is 40.4 Å². The van der Waals surface area contributed by atoms with Crippen molar-refractivity contribution in [3.05, 3.63) is 56.9 Å². The Hall–Kier alpha value is -2.78. The lowest BCUT2D eigenvalue weighted by Crippen LogP contribution is -2.23. The fourth-order valence-corrected chi connectivity index (χ4v) is 4.45. The first-order valence-electron chi connectivity index (χ1n) is 10.5. The molecule has 2 aromatic carbocycles. The zero-order chi connectivity index (χ0) is 24.0. The number of aliphatic imine (C=N–C) groups is 1. The van der Waals surface area contributed by atoms with Crippen molar-refractivity contribution in [3.63, 3.8) is 0 Å². The average molecular weight is 533 g/mol. The highest BCUT2D eigenvalue weighted by molar-refractivity contribution is 9.10. The number of rotatable bonds is 8. The summed E-state index contributed by atoms with van der Waals surface area (Å²) in [6, 6.07) is 10.4. The van der Waals surface area contributed by atoms with Gasteiger partial charge in [-0.05, 0) is 84.9 Å². The molecular formula is C24H25BrN2O5S. The molecule has 3 rings (SSSR count). The van der Waals surface area contributed by atoms with E-state index in [-0.39, 0.29) is 11.9 Å². The molecule has 0 spiro atoms. The van der Waals surface area contributed by atoms with E-state index in [1.165, 1.54) is 16.7 Å². The van der Waals surface area contributed by atoms with E-state index in [1.807, 2.05) is 26.0 Å². The van der Waals surface area contributed by atoms with Crippen LogP contribution in [0.4, 0.5) is 5.69 Å². The van der Waals surface area contributed by atoms with Crippen molar-refractivity contribution in [2.75, 3.05) is 26.9 Å². The van der Waals surface area contributed by atoms with Crippen LogP contribution < -0.4 is 9.47 Å². The Balaban J connectivity index is 1.88. The molecule has 33 heavy (non-hydrogen) atoms. The number of hydrogen-bond donors (Lipinski definition) is 0. The van der Waals surface area contributed by atoms with Crippen LogP contribution in [0.3, 0.4) is 0 Å². The maximum Gasteiger partial charge on any atom is 0.338 e. The number of amides is 1. The number of esters is 1. The number of carbonyl (C=O) groups excluding carboxylic acids is 2. The Morgan fingerprint density at radius 1 is 1.06 bits per heavy atom. The molecule has 0 aromatic heterocycles. The maximum atomic E-state index is 12.9. The van der Waals surface area contributed by atoms with Crippen LogP contribution in [0.2, 0.25) is 0 Å². The summed E-state index contributed by atoms with van der Waals surface area (Å²) >= 11 is 4.80. The molecule has 1 heterocycles. The van der Waals surface area contributed by atoms with Crippen LogP contribution in [0.5, 0.6) is 11.5 Å². The van der Waals surface area contributed by atoms with E-state index in [0.717, 1.165) is 10.0 Å². The second kappa shape index (κ2) is 11.4. The normalized spacial score (nSPS) is 15.9. The number of carbonyl (C=O) groups is 2. The van der Waals surface area contributed by atoms with Gasteiger partial charge in [-0.25, -0.2) is 9.79 Å². The Morgan fingerprint density at radius 3 is 2.36 bits per heavy atom. The second-order valence-electron chi connectivity index (χ2n) is 6.82. The predicted octanol–water partition coefficient (Wildman–Crippen LogP) is 5.66. The Kier molecular flexibility index (Phi) is 8.57. The van der Waals surface area contributed by atoms with Gasteiger partial charge in [-0.1, -0.05) is 0 Å². The van der Waals surface area contributed by atoms with E-state index in [9.17, 15) is 9.59 Å². The van der Waals surface area contributed by atoms with Crippen LogP contribution >= 0.6 is 27.7 Å². The largest absolute Gasteiger partial charge is 0.493 e. The van der Waals surface area contributed by atoms with Crippen LogP contribution in [0, 0.1) is 0 Å². The smallest absolute Gasteiger partial charge is 0.338 e. The van der Waals surface area contributed by atoms with E-state index >= 15 is 0 Å². The summed E-state index contributed by atoms with van der Waals surface area (Å²) in [5.41, 5.74) is 1.84. The summed E-state index contributed by atoms with van der Waals surface area (Å²) in [7, 11) is 1.68. The topological polar surface area (TPSA) is 77.4 Å². The van der Waals surface area contributed by atoms with Gasteiger partial charge >= 0.3 is 5.97 Å². The lowest BCUT2D eigenvalue weighted by molar-refractivity contribution is -0.121. The Labute approximate surface area is 205 Å². The van der Waals surface area contributed by atoms with E-state index in [2.05, 4.69) is 20.9 Å². The van der Waals surface area contributed by atoms with Gasteiger partial charge in [-0.15, -0.1) is 0 Å². The molecule has 1 fully saturated rings. The number of amidine groups is 1. The number of thioether (sulfide) groups is 1. The van der Waals surface area contributed by atoms with Crippen LogP contribution in [0.1, 0.15) is 36.7 Å². The number of likely N-dealkylation sites (N-methyl/N-ethyl adjacent to an activating group) is 1. The molecule has 1 amide bonds. The van der Waals surface area contributed by atoms with E-state index in [1.54, 1.807) is 44.3 Å². The van der Waals surface area contributed by atoms with Crippen molar-refractivity contribution >= 4 is 56.5 Å². The number of halogens is 1. The van der Waals surface area contributed by atoms with Crippen molar-refractivity contribution in [2.24, 2.45) is 4.99 Å². The third-order valence-electron chi connectivity index (χ3n) is 4.56. The van der Waals surface area contributed by atoms with Gasteiger partial charge in [0.25, 0.3) is 5.91 Å². The molecule has 0 radical (unpaired) electrons. The highest BCUT2D eigenvalue weighted by atomic mass is 79.9. The molecule has 174 valence electrons. The van der Waals surface area contributed by atoms with Crippen LogP contribution in [-0.4, -0.2) is 48.8 Å². The molecule has 2 aromatic rings. The summed E-state index contributed by atoms with van der Waals surface area (Å²) in [5.74, 6) is 0.775. The summed E-state index contributed by atoms with van der Waals surface area (Å²) < 4.78 is 17.2. The lowest BCUT2D eigenvalue weighted by Gasteiger charge is -2.12. The SMILES string of the molecule is CCOC(=O)c1ccc(N=C2SC(=Cc3cc(Br)c(OCC)cc3OCC)C(=O)N2C)cc1. The zero-order valence-corrected chi connectivity index (χ0v) is 21.3. The highest BCUT2D eigenvalue weighted by Gasteiger charge is 2.30. The predicted molar refractivity (Wildman–Crippen MR) is 134 cm³/mol. The minimum absolute atomic E-state index is 0.158. The first-order valence-corrected chi connectivity index (χ1v) is 12.1. The Bertz CT molecular complexity index is 1100. The lowest BCUT2D eigenvalue weighted by atomic mass is 10.1. The fourth-order valence-electron chi connectivity index (χ4n) is 3.00. The first-order chi connectivity index (χ1) is 15.9.